The van der Waals surface area contributed by atoms with E-state index in [2.05, 4.69) is 216 Å². The zero-order valence-corrected chi connectivity index (χ0v) is 29.9. The van der Waals surface area contributed by atoms with Gasteiger partial charge >= 0.3 is 0 Å². The van der Waals surface area contributed by atoms with Crippen LogP contribution in [-0.2, 0) is 0 Å². The lowest BCUT2D eigenvalue weighted by molar-refractivity contribution is 0.673. The van der Waals surface area contributed by atoms with Gasteiger partial charge in [0.15, 0.2) is 0 Å². The highest BCUT2D eigenvalue weighted by Crippen LogP contribution is 2.42. The summed E-state index contributed by atoms with van der Waals surface area (Å²) in [6.45, 7) is 0. The van der Waals surface area contributed by atoms with E-state index < -0.39 is 0 Å². The number of rotatable bonds is 6. The molecule has 0 saturated carbocycles. The number of anilines is 3. The number of benzene rings is 9. The Morgan fingerprint density at radius 1 is 0.382 bits per heavy atom. The third-order valence-electron chi connectivity index (χ3n) is 11.0. The molecular formula is C52H34N2O. The summed E-state index contributed by atoms with van der Waals surface area (Å²) in [5.74, 6) is 0. The maximum Gasteiger partial charge on any atom is 0.143 e. The molecular weight excluding hydrogens is 669 g/mol. The topological polar surface area (TPSA) is 21.3 Å². The molecule has 3 heteroatoms. The van der Waals surface area contributed by atoms with Crippen molar-refractivity contribution >= 4 is 71.6 Å². The van der Waals surface area contributed by atoms with Gasteiger partial charge in [0.05, 0.1) is 11.0 Å². The van der Waals surface area contributed by atoms with Gasteiger partial charge in [0.2, 0.25) is 0 Å². The lowest BCUT2D eigenvalue weighted by atomic mass is 9.98. The van der Waals surface area contributed by atoms with Gasteiger partial charge in [0, 0.05) is 49.7 Å². The number of nitrogens with zero attached hydrogens (tertiary/aromatic N) is 2. The molecule has 0 fully saturated rings. The number of fused-ring (bicyclic) bond motifs is 8. The molecule has 0 aliphatic heterocycles. The van der Waals surface area contributed by atoms with Crippen molar-refractivity contribution in [2.45, 2.75) is 0 Å². The van der Waals surface area contributed by atoms with Crippen molar-refractivity contribution in [2.24, 2.45) is 0 Å². The van der Waals surface area contributed by atoms with Gasteiger partial charge in [-0.2, -0.15) is 0 Å². The summed E-state index contributed by atoms with van der Waals surface area (Å²) in [6, 6.07) is 73.8. The fourth-order valence-electron chi connectivity index (χ4n) is 8.44. The van der Waals surface area contributed by atoms with Crippen molar-refractivity contribution < 1.29 is 4.42 Å². The van der Waals surface area contributed by atoms with Crippen molar-refractivity contribution in [2.75, 3.05) is 4.90 Å². The van der Waals surface area contributed by atoms with E-state index in [1.807, 2.05) is 0 Å². The standard InChI is InChI=1S/C52H34N2O/c1-2-14-39(15-3-1)53(41-31-26-37(27-32-41)43-20-11-23-50-51(43)47-33-28-36-12-4-5-17-44(36)52(47)55-50)40-29-24-35(25-30-40)38-13-10-16-42(34-38)54-48-21-8-6-18-45(48)46-19-7-9-22-49(46)54/h1-34H. The molecule has 0 bridgehead atoms. The normalized spacial score (nSPS) is 11.6. The molecule has 0 atom stereocenters. The molecule has 0 spiro atoms. The monoisotopic (exact) mass is 702 g/mol. The van der Waals surface area contributed by atoms with Crippen LogP contribution in [0.3, 0.4) is 0 Å². The van der Waals surface area contributed by atoms with Crippen LogP contribution in [0.4, 0.5) is 17.1 Å². The lowest BCUT2D eigenvalue weighted by Gasteiger charge is -2.26. The average molecular weight is 703 g/mol. The van der Waals surface area contributed by atoms with Crippen LogP contribution < -0.4 is 4.90 Å². The third kappa shape index (κ3) is 5.13. The van der Waals surface area contributed by atoms with Gasteiger partial charge in [-0.3, -0.25) is 0 Å². The summed E-state index contributed by atoms with van der Waals surface area (Å²) >= 11 is 0. The molecule has 0 saturated heterocycles. The van der Waals surface area contributed by atoms with Crippen LogP contribution in [0.1, 0.15) is 0 Å². The summed E-state index contributed by atoms with van der Waals surface area (Å²) in [6.07, 6.45) is 0. The highest BCUT2D eigenvalue weighted by molar-refractivity contribution is 6.19. The number of hydrogen-bond donors (Lipinski definition) is 0. The zero-order chi connectivity index (χ0) is 36.3. The fraction of sp³-hybridized carbons (Fsp3) is 0. The average Bonchev–Trinajstić information content (AvgIpc) is 3.81. The summed E-state index contributed by atoms with van der Waals surface area (Å²) in [7, 11) is 0. The number of para-hydroxylation sites is 3. The summed E-state index contributed by atoms with van der Waals surface area (Å²) < 4.78 is 8.87. The number of aromatic nitrogens is 1. The fourth-order valence-corrected chi connectivity index (χ4v) is 8.44. The van der Waals surface area contributed by atoms with E-state index in [1.54, 1.807) is 0 Å². The maximum atomic E-state index is 6.50. The van der Waals surface area contributed by atoms with Gasteiger partial charge in [0.1, 0.15) is 11.2 Å². The minimum absolute atomic E-state index is 0.902. The molecule has 0 N–H and O–H groups in total. The Labute approximate surface area is 318 Å². The highest BCUT2D eigenvalue weighted by Gasteiger charge is 2.17. The Balaban J connectivity index is 0.960. The van der Waals surface area contributed by atoms with Crippen molar-refractivity contribution in [3.8, 4) is 27.9 Å². The van der Waals surface area contributed by atoms with Crippen molar-refractivity contribution in [3.63, 3.8) is 0 Å². The second-order valence-electron chi connectivity index (χ2n) is 14.1. The van der Waals surface area contributed by atoms with E-state index in [0.717, 1.165) is 61.2 Å². The molecule has 3 nitrogen and oxygen atoms in total. The molecule has 55 heavy (non-hydrogen) atoms. The quantitative estimate of drug-likeness (QED) is 0.172. The van der Waals surface area contributed by atoms with E-state index in [9.17, 15) is 0 Å². The molecule has 11 rings (SSSR count). The van der Waals surface area contributed by atoms with E-state index in [4.69, 9.17) is 4.42 Å². The second-order valence-corrected chi connectivity index (χ2v) is 14.1. The van der Waals surface area contributed by atoms with Gasteiger partial charge in [-0.15, -0.1) is 0 Å². The highest BCUT2D eigenvalue weighted by atomic mass is 16.3. The summed E-state index contributed by atoms with van der Waals surface area (Å²) in [5.41, 5.74) is 13.4. The van der Waals surface area contributed by atoms with E-state index in [-0.39, 0.29) is 0 Å². The molecule has 11 aromatic rings. The summed E-state index contributed by atoms with van der Waals surface area (Å²) in [4.78, 5) is 2.32. The minimum Gasteiger partial charge on any atom is -0.455 e. The van der Waals surface area contributed by atoms with Gasteiger partial charge in [0.25, 0.3) is 0 Å². The second kappa shape index (κ2) is 12.6. The first-order valence-corrected chi connectivity index (χ1v) is 18.8. The minimum atomic E-state index is 0.902. The van der Waals surface area contributed by atoms with Crippen molar-refractivity contribution in [3.05, 3.63) is 206 Å². The van der Waals surface area contributed by atoms with Crippen LogP contribution in [0.5, 0.6) is 0 Å². The zero-order valence-electron chi connectivity index (χ0n) is 29.9. The molecule has 0 aliphatic carbocycles. The van der Waals surface area contributed by atoms with Gasteiger partial charge in [-0.1, -0.05) is 133 Å². The molecule has 0 aliphatic rings. The first kappa shape index (κ1) is 31.2. The molecule has 0 unspecified atom stereocenters. The maximum absolute atomic E-state index is 6.50. The van der Waals surface area contributed by atoms with Crippen LogP contribution >= 0.6 is 0 Å². The first-order valence-electron chi connectivity index (χ1n) is 18.8. The van der Waals surface area contributed by atoms with E-state index in [0.29, 0.717) is 0 Å². The number of hydrogen-bond acceptors (Lipinski definition) is 2. The molecule has 258 valence electrons. The smallest absolute Gasteiger partial charge is 0.143 e. The predicted octanol–water partition coefficient (Wildman–Crippen LogP) is 14.6. The first-order chi connectivity index (χ1) is 27.3. The molecule has 9 aromatic carbocycles. The Bertz CT molecular complexity index is 3140. The van der Waals surface area contributed by atoms with Gasteiger partial charge < -0.3 is 13.9 Å². The predicted molar refractivity (Wildman–Crippen MR) is 231 cm³/mol. The third-order valence-corrected chi connectivity index (χ3v) is 11.0. The Morgan fingerprint density at radius 2 is 0.982 bits per heavy atom. The molecule has 0 amide bonds. The largest absolute Gasteiger partial charge is 0.455 e. The van der Waals surface area contributed by atoms with Crippen LogP contribution in [0.25, 0.3) is 82.5 Å². The Morgan fingerprint density at radius 3 is 1.71 bits per heavy atom. The molecule has 2 aromatic heterocycles. The Hall–Kier alpha value is -7.36. The van der Waals surface area contributed by atoms with Crippen molar-refractivity contribution in [1.29, 1.82) is 0 Å². The molecule has 2 heterocycles. The molecule has 0 radical (unpaired) electrons. The van der Waals surface area contributed by atoms with Crippen LogP contribution in [-0.4, -0.2) is 4.57 Å². The van der Waals surface area contributed by atoms with Crippen molar-refractivity contribution in [1.82, 2.24) is 4.57 Å². The number of furan rings is 1. The van der Waals surface area contributed by atoms with E-state index in [1.165, 1.54) is 38.3 Å². The SMILES string of the molecule is c1ccc(N(c2ccc(-c3cccc(-n4c5ccccc5c5ccccc54)c3)cc2)c2ccc(-c3cccc4oc5c6ccccc6ccc5c34)cc2)cc1. The van der Waals surface area contributed by atoms with Crippen LogP contribution in [0.15, 0.2) is 211 Å². The summed E-state index contributed by atoms with van der Waals surface area (Å²) in [5, 5.41) is 7.14. The van der Waals surface area contributed by atoms with Crippen LogP contribution in [0.2, 0.25) is 0 Å². The van der Waals surface area contributed by atoms with E-state index >= 15 is 0 Å². The Kier molecular flexibility index (Phi) is 7.17. The lowest BCUT2D eigenvalue weighted by Crippen LogP contribution is -2.09. The van der Waals surface area contributed by atoms with Gasteiger partial charge in [-0.05, 0) is 100 Å². The van der Waals surface area contributed by atoms with Gasteiger partial charge in [-0.25, -0.2) is 0 Å². The van der Waals surface area contributed by atoms with Crippen LogP contribution in [0, 0.1) is 0 Å².